The second-order valence-corrected chi connectivity index (χ2v) is 5.06. The fourth-order valence-corrected chi connectivity index (χ4v) is 1.47. The van der Waals surface area contributed by atoms with E-state index in [-0.39, 0.29) is 12.4 Å². The minimum absolute atomic E-state index is 0.155. The van der Waals surface area contributed by atoms with Crippen LogP contribution in [0.3, 0.4) is 0 Å². The largest absolute Gasteiger partial charge is 0.480 e. The van der Waals surface area contributed by atoms with Crippen LogP contribution < -0.4 is 5.32 Å². The van der Waals surface area contributed by atoms with Gasteiger partial charge in [0.25, 0.3) is 0 Å². The van der Waals surface area contributed by atoms with Crippen molar-refractivity contribution < 1.29 is 24.2 Å². The Morgan fingerprint density at radius 3 is 2.24 bits per heavy atom. The van der Waals surface area contributed by atoms with Crippen LogP contribution in [0.25, 0.3) is 0 Å². The van der Waals surface area contributed by atoms with Gasteiger partial charge in [0.1, 0.15) is 5.41 Å². The van der Waals surface area contributed by atoms with Crippen LogP contribution in [0, 0.1) is 5.41 Å². The molecule has 1 rings (SSSR count). The van der Waals surface area contributed by atoms with Crippen LogP contribution in [-0.4, -0.2) is 29.6 Å². The lowest BCUT2D eigenvalue weighted by molar-refractivity contribution is -0.151. The molecule has 21 heavy (non-hydrogen) atoms. The maximum atomic E-state index is 11.9. The van der Waals surface area contributed by atoms with Crippen LogP contribution in [0.2, 0.25) is 0 Å². The Morgan fingerprint density at radius 1 is 1.19 bits per heavy atom. The Hall–Kier alpha value is -2.37. The Bertz CT molecular complexity index is 533. The zero-order valence-electron chi connectivity index (χ0n) is 12.3. The Labute approximate surface area is 123 Å². The third-order valence-corrected chi connectivity index (χ3v) is 2.97. The molecule has 114 valence electrons. The van der Waals surface area contributed by atoms with Crippen molar-refractivity contribution in [2.24, 2.45) is 5.41 Å². The Kier molecular flexibility index (Phi) is 5.46. The van der Waals surface area contributed by atoms with Gasteiger partial charge in [-0.25, -0.2) is 0 Å². The van der Waals surface area contributed by atoms with Crippen molar-refractivity contribution in [1.29, 1.82) is 0 Å². The number of amides is 1. The zero-order chi connectivity index (χ0) is 16.0. The molecule has 0 atom stereocenters. The summed E-state index contributed by atoms with van der Waals surface area (Å²) in [6, 6.07) is 6.59. The summed E-state index contributed by atoms with van der Waals surface area (Å²) in [4.78, 5) is 34.2. The summed E-state index contributed by atoms with van der Waals surface area (Å²) in [7, 11) is 0. The van der Waals surface area contributed by atoms with E-state index in [4.69, 9.17) is 9.84 Å². The molecule has 0 spiro atoms. The molecule has 2 N–H and O–H groups in total. The van der Waals surface area contributed by atoms with Crippen LogP contribution >= 0.6 is 0 Å². The molecule has 0 aliphatic heterocycles. The van der Waals surface area contributed by atoms with Crippen molar-refractivity contribution in [3.63, 3.8) is 0 Å². The molecule has 0 saturated carbocycles. The lowest BCUT2D eigenvalue weighted by atomic mass is 9.92. The molecule has 1 aromatic rings. The van der Waals surface area contributed by atoms with E-state index in [2.05, 4.69) is 5.32 Å². The first-order chi connectivity index (χ1) is 9.77. The van der Waals surface area contributed by atoms with Gasteiger partial charge >= 0.3 is 11.9 Å². The average molecular weight is 293 g/mol. The van der Waals surface area contributed by atoms with Gasteiger partial charge in [-0.15, -0.1) is 0 Å². The van der Waals surface area contributed by atoms with Gasteiger partial charge in [0.2, 0.25) is 5.91 Å². The minimum atomic E-state index is -1.51. The molecule has 0 bridgehead atoms. The van der Waals surface area contributed by atoms with Crippen LogP contribution in [0.1, 0.15) is 26.3 Å². The molecule has 1 aromatic carbocycles. The highest BCUT2D eigenvalue weighted by Crippen LogP contribution is 2.19. The second-order valence-electron chi connectivity index (χ2n) is 5.06. The van der Waals surface area contributed by atoms with Crippen molar-refractivity contribution in [1.82, 2.24) is 0 Å². The summed E-state index contributed by atoms with van der Waals surface area (Å²) in [5, 5.41) is 11.5. The van der Waals surface area contributed by atoms with Gasteiger partial charge in [-0.05, 0) is 38.5 Å². The van der Waals surface area contributed by atoms with Gasteiger partial charge < -0.3 is 15.2 Å². The number of rotatable bonds is 6. The Balaban J connectivity index is 2.69. The number of esters is 1. The van der Waals surface area contributed by atoms with Crippen LogP contribution in [-0.2, 0) is 25.5 Å². The number of carboxylic acids is 1. The predicted molar refractivity (Wildman–Crippen MR) is 76.8 cm³/mol. The number of anilines is 1. The molecular formula is C15H19NO5. The average Bonchev–Trinajstić information content (AvgIpc) is 2.41. The number of nitrogens with one attached hydrogen (secondary N) is 1. The fourth-order valence-electron chi connectivity index (χ4n) is 1.47. The van der Waals surface area contributed by atoms with Gasteiger partial charge in [-0.3, -0.25) is 14.4 Å². The van der Waals surface area contributed by atoms with E-state index >= 15 is 0 Å². The van der Waals surface area contributed by atoms with Crippen LogP contribution in [0.5, 0.6) is 0 Å². The highest BCUT2D eigenvalue weighted by Gasteiger charge is 2.35. The van der Waals surface area contributed by atoms with E-state index in [1.165, 1.54) is 13.8 Å². The molecule has 1 amide bonds. The van der Waals surface area contributed by atoms with Crippen LogP contribution in [0.4, 0.5) is 5.69 Å². The standard InChI is InChI=1S/C15H19NO5/c1-4-21-12(17)9-10-5-7-11(8-6-10)16-13(18)15(2,3)14(19)20/h5-8H,4,9H2,1-3H3,(H,16,18)(H,19,20). The first kappa shape index (κ1) is 16.7. The maximum Gasteiger partial charge on any atom is 0.318 e. The van der Waals surface area contributed by atoms with Crippen molar-refractivity contribution in [2.45, 2.75) is 27.2 Å². The van der Waals surface area contributed by atoms with Crippen LogP contribution in [0.15, 0.2) is 24.3 Å². The maximum absolute atomic E-state index is 11.9. The normalized spacial score (nSPS) is 10.8. The summed E-state index contributed by atoms with van der Waals surface area (Å²) in [6.45, 7) is 4.73. The molecular weight excluding hydrogens is 274 g/mol. The van der Waals surface area contributed by atoms with Gasteiger partial charge in [0.15, 0.2) is 0 Å². The van der Waals surface area contributed by atoms with E-state index in [9.17, 15) is 14.4 Å². The van der Waals surface area contributed by atoms with E-state index in [0.29, 0.717) is 12.3 Å². The summed E-state index contributed by atoms with van der Waals surface area (Å²) in [6.07, 6.45) is 0.155. The summed E-state index contributed by atoms with van der Waals surface area (Å²) >= 11 is 0. The number of aliphatic carboxylic acids is 1. The third-order valence-electron chi connectivity index (χ3n) is 2.97. The Morgan fingerprint density at radius 2 is 1.76 bits per heavy atom. The smallest absolute Gasteiger partial charge is 0.318 e. The molecule has 0 aromatic heterocycles. The zero-order valence-corrected chi connectivity index (χ0v) is 12.3. The molecule has 6 heteroatoms. The molecule has 0 heterocycles. The number of carbonyl (C=O) groups excluding carboxylic acids is 2. The minimum Gasteiger partial charge on any atom is -0.480 e. The summed E-state index contributed by atoms with van der Waals surface area (Å²) in [5.74, 6) is -2.12. The highest BCUT2D eigenvalue weighted by molar-refractivity contribution is 6.07. The highest BCUT2D eigenvalue weighted by atomic mass is 16.5. The molecule has 0 radical (unpaired) electrons. The third kappa shape index (κ3) is 4.59. The predicted octanol–water partition coefficient (Wildman–Crippen LogP) is 1.84. The lowest BCUT2D eigenvalue weighted by Crippen LogP contribution is -2.37. The quantitative estimate of drug-likeness (QED) is 0.616. The van der Waals surface area contributed by atoms with E-state index in [0.717, 1.165) is 5.56 Å². The van der Waals surface area contributed by atoms with Crippen molar-refractivity contribution in [3.8, 4) is 0 Å². The first-order valence-corrected chi connectivity index (χ1v) is 6.56. The van der Waals surface area contributed by atoms with Gasteiger partial charge in [0, 0.05) is 5.69 Å². The number of carbonyl (C=O) groups is 3. The topological polar surface area (TPSA) is 92.7 Å². The number of hydrogen-bond donors (Lipinski definition) is 2. The monoisotopic (exact) mass is 293 g/mol. The fraction of sp³-hybridized carbons (Fsp3) is 0.400. The van der Waals surface area contributed by atoms with Gasteiger partial charge in [0.05, 0.1) is 13.0 Å². The van der Waals surface area contributed by atoms with E-state index in [1.54, 1.807) is 31.2 Å². The first-order valence-electron chi connectivity index (χ1n) is 6.56. The van der Waals surface area contributed by atoms with Gasteiger partial charge in [-0.1, -0.05) is 12.1 Å². The summed E-state index contributed by atoms with van der Waals surface area (Å²) in [5.41, 5.74) is -0.283. The second kappa shape index (κ2) is 6.88. The van der Waals surface area contributed by atoms with Crippen molar-refractivity contribution >= 4 is 23.5 Å². The molecule has 6 nitrogen and oxygen atoms in total. The molecule has 0 fully saturated rings. The molecule has 0 saturated heterocycles. The SMILES string of the molecule is CCOC(=O)Cc1ccc(NC(=O)C(C)(C)C(=O)O)cc1. The van der Waals surface area contributed by atoms with Gasteiger partial charge in [-0.2, -0.15) is 0 Å². The summed E-state index contributed by atoms with van der Waals surface area (Å²) < 4.78 is 4.84. The van der Waals surface area contributed by atoms with Crippen molar-refractivity contribution in [3.05, 3.63) is 29.8 Å². The number of hydrogen-bond acceptors (Lipinski definition) is 4. The molecule has 0 unspecified atom stereocenters. The number of carboxylic acid groups (broad SMARTS) is 1. The molecule has 0 aliphatic carbocycles. The molecule has 0 aliphatic rings. The lowest BCUT2D eigenvalue weighted by Gasteiger charge is -2.18. The van der Waals surface area contributed by atoms with E-state index in [1.807, 2.05) is 0 Å². The van der Waals surface area contributed by atoms with Crippen molar-refractivity contribution in [2.75, 3.05) is 11.9 Å². The number of ether oxygens (including phenoxy) is 1. The number of benzene rings is 1. The van der Waals surface area contributed by atoms with E-state index < -0.39 is 17.3 Å².